The van der Waals surface area contributed by atoms with E-state index in [1.165, 1.54) is 6.20 Å². The van der Waals surface area contributed by atoms with Gasteiger partial charge in [0.2, 0.25) is 5.67 Å². The molecule has 12 aromatic carbocycles. The Balaban J connectivity index is 0.000000128. The van der Waals surface area contributed by atoms with Crippen LogP contribution < -0.4 is 22.2 Å². The second-order valence-electron chi connectivity index (χ2n) is 34.7. The van der Waals surface area contributed by atoms with Crippen molar-refractivity contribution in [1.29, 1.82) is 0 Å². The first-order valence-corrected chi connectivity index (χ1v) is 45.9. The van der Waals surface area contributed by atoms with Crippen molar-refractivity contribution in [3.8, 4) is 93.9 Å². The van der Waals surface area contributed by atoms with Crippen molar-refractivity contribution < 1.29 is 4.39 Å². The molecular formula is C118H91Cl4FN12O4. The number of nitrogens with zero attached hydrogens (tertiary/aromatic N) is 12. The van der Waals surface area contributed by atoms with Crippen LogP contribution in [0, 0.1) is 49.4 Å². The Morgan fingerprint density at radius 2 is 0.568 bits per heavy atom. The standard InChI is InChI=1S/2C30H24ClN3O.C29H21ClFN3O.C29H22ClN3O/c2*1-5-20-7-6-8-21(15-20)25-17-29(35)34(4)27-14-11-23(16-26(25)27)30(2,28-18-32-19-33(28)3)22-9-12-24(31)13-10-22;1-4-19-6-5-7-20(14-19)24-16-28(35)34(3)26-13-10-22(15-25(24)26)29(31,27-17-32-18-33(27)2)21-8-11-23(30)12-9-21;1-4-19-6-5-7-21(14-19)24-16-28(34)33(3)26-13-10-22(15-25(24)26)29(27-17-31-18-32(27)2)20-8-11-23(30)12-9-20/h2*1,6-19H,2-4H3;1,5-18H,2-3H3;1,5-18,29H,2-3H3/t2*30-;2*29-/m0010/s1. The number of aryl methyl sites for hydroxylation is 8. The molecule has 0 N–H and O–H groups in total. The molecule has 0 radical (unpaired) electrons. The molecule has 21 heteroatoms. The van der Waals surface area contributed by atoms with Crippen molar-refractivity contribution in [3.63, 3.8) is 0 Å². The quantitative estimate of drug-likeness (QED) is 0.0865. The van der Waals surface area contributed by atoms with Crippen LogP contribution >= 0.6 is 46.4 Å². The monoisotopic (exact) mass is 1900 g/mol. The summed E-state index contributed by atoms with van der Waals surface area (Å²) in [6, 6.07) is 91.8. The molecular weight excluding hydrogens is 1810 g/mol. The van der Waals surface area contributed by atoms with Gasteiger partial charge in [0.15, 0.2) is 0 Å². The van der Waals surface area contributed by atoms with E-state index in [1.54, 1.807) is 137 Å². The molecule has 0 unspecified atom stereocenters. The van der Waals surface area contributed by atoms with Crippen LogP contribution in [0.2, 0.25) is 20.1 Å². The SMILES string of the molecule is C#Cc1cccc(-c2cc(=O)n(C)c3ccc([C@H](c4ccc(Cl)cc4)c4cncn4C)cc23)c1.C#Cc1cccc(-c2cc(=O)n(C)c3ccc([C@](C)(c4ccc(Cl)cc4)c4cncn4C)cc23)c1.C#Cc1cccc(-c2cc(=O)n(C)c3ccc([C@](C)(c4ccc(Cl)cc4)c4cncn4C)cc23)c1.C#Cc1cccc(-c2cc(=O)n(C)c3ccc([C@](F)(c4ccc(Cl)cc4)c4cncn4C)cc23)c1. The van der Waals surface area contributed by atoms with E-state index in [2.05, 4.69) is 118 Å². The summed E-state index contributed by atoms with van der Waals surface area (Å²) in [4.78, 5) is 68.6. The fraction of sp³-hybridized carbons (Fsp3) is 0.119. The Labute approximate surface area is 823 Å². The first kappa shape index (κ1) is 94.4. The molecule has 0 bridgehead atoms. The third-order valence-electron chi connectivity index (χ3n) is 26.5. The fourth-order valence-electron chi connectivity index (χ4n) is 18.8. The lowest BCUT2D eigenvalue weighted by Crippen LogP contribution is -2.28. The van der Waals surface area contributed by atoms with Crippen molar-refractivity contribution in [3.05, 3.63) is 492 Å². The van der Waals surface area contributed by atoms with Gasteiger partial charge in [-0.15, -0.1) is 25.7 Å². The van der Waals surface area contributed by atoms with Crippen LogP contribution in [0.15, 0.2) is 360 Å². The molecule has 0 aliphatic carbocycles. The molecule has 0 saturated heterocycles. The van der Waals surface area contributed by atoms with E-state index in [0.717, 1.165) is 144 Å². The van der Waals surface area contributed by atoms with Gasteiger partial charge in [-0.2, -0.15) is 0 Å². The summed E-state index contributed by atoms with van der Waals surface area (Å²) in [7, 11) is 14.8. The second kappa shape index (κ2) is 39.2. The molecule has 20 aromatic rings. The van der Waals surface area contributed by atoms with Crippen LogP contribution in [-0.4, -0.2) is 56.5 Å². The van der Waals surface area contributed by atoms with Crippen molar-refractivity contribution >= 4 is 90.0 Å². The normalized spacial score (nSPS) is 12.7. The maximum absolute atomic E-state index is 17.4. The number of fused-ring (bicyclic) bond motifs is 4. The topological polar surface area (TPSA) is 159 Å². The Hall–Kier alpha value is -16.4. The van der Waals surface area contributed by atoms with Gasteiger partial charge in [0.05, 0.1) is 87.4 Å². The number of halogens is 5. The van der Waals surface area contributed by atoms with Crippen molar-refractivity contribution in [2.75, 3.05) is 0 Å². The lowest BCUT2D eigenvalue weighted by Gasteiger charge is -2.32. The minimum atomic E-state index is -2.02. The molecule has 0 saturated carbocycles. The summed E-state index contributed by atoms with van der Waals surface area (Å²) in [6.45, 7) is 4.38. The van der Waals surface area contributed by atoms with Gasteiger partial charge in [0.25, 0.3) is 22.2 Å². The van der Waals surface area contributed by atoms with E-state index in [9.17, 15) is 19.2 Å². The molecule has 8 heterocycles. The highest BCUT2D eigenvalue weighted by molar-refractivity contribution is 6.31. The van der Waals surface area contributed by atoms with E-state index in [1.807, 2.05) is 230 Å². The van der Waals surface area contributed by atoms with Crippen LogP contribution in [0.5, 0.6) is 0 Å². The van der Waals surface area contributed by atoms with Gasteiger partial charge in [0.1, 0.15) is 0 Å². The molecule has 4 atom stereocenters. The molecule has 0 aliphatic rings. The molecule has 0 fully saturated rings. The Morgan fingerprint density at radius 1 is 0.295 bits per heavy atom. The van der Waals surface area contributed by atoms with Crippen LogP contribution in [0.1, 0.15) is 109 Å². The molecule has 0 amide bonds. The summed E-state index contributed by atoms with van der Waals surface area (Å²) in [5.41, 5.74) is 20.5. The zero-order valence-electron chi connectivity index (χ0n) is 77.6. The molecule has 16 nitrogen and oxygen atoms in total. The highest BCUT2D eigenvalue weighted by Gasteiger charge is 2.41. The Bertz CT molecular complexity index is 8050. The smallest absolute Gasteiger partial charge is 0.251 e. The van der Waals surface area contributed by atoms with E-state index in [0.29, 0.717) is 53.6 Å². The minimum absolute atomic E-state index is 0.0590. The molecule has 8 aromatic heterocycles. The summed E-state index contributed by atoms with van der Waals surface area (Å²) in [5, 5.41) is 6.24. The summed E-state index contributed by atoms with van der Waals surface area (Å²) < 4.78 is 31.7. The first-order valence-electron chi connectivity index (χ1n) is 44.4. The van der Waals surface area contributed by atoms with Gasteiger partial charge in [-0.25, -0.2) is 24.3 Å². The molecule has 139 heavy (non-hydrogen) atoms. The first-order chi connectivity index (χ1) is 66.9. The third kappa shape index (κ3) is 18.2. The van der Waals surface area contributed by atoms with Gasteiger partial charge in [0, 0.05) is 174 Å². The summed E-state index contributed by atoms with van der Waals surface area (Å²) in [5.74, 6) is 10.7. The highest BCUT2D eigenvalue weighted by atomic mass is 35.5. The maximum Gasteiger partial charge on any atom is 0.251 e. The predicted octanol–water partition coefficient (Wildman–Crippen LogP) is 23.4. The third-order valence-corrected chi connectivity index (χ3v) is 27.5. The van der Waals surface area contributed by atoms with Crippen LogP contribution in [-0.2, 0) is 72.9 Å². The van der Waals surface area contributed by atoms with E-state index >= 15 is 4.39 Å². The van der Waals surface area contributed by atoms with E-state index in [4.69, 9.17) is 72.1 Å². The lowest BCUT2D eigenvalue weighted by molar-refractivity contribution is 0.267. The number of pyridine rings is 4. The predicted molar refractivity (Wildman–Crippen MR) is 562 cm³/mol. The van der Waals surface area contributed by atoms with Gasteiger partial charge in [-0.1, -0.05) is 191 Å². The zero-order valence-corrected chi connectivity index (χ0v) is 80.6. The summed E-state index contributed by atoms with van der Waals surface area (Å²) in [6.07, 6.45) is 36.8. The average molecular weight is 1900 g/mol. The molecule has 0 spiro atoms. The number of rotatable bonds is 16. The van der Waals surface area contributed by atoms with E-state index in [-0.39, 0.29) is 28.2 Å². The van der Waals surface area contributed by atoms with Crippen LogP contribution in [0.25, 0.3) is 88.1 Å². The maximum atomic E-state index is 17.4. The van der Waals surface area contributed by atoms with Gasteiger partial charge in [-0.3, -0.25) is 19.2 Å². The second-order valence-corrected chi connectivity index (χ2v) is 36.5. The minimum Gasteiger partial charge on any atom is -0.337 e. The molecule has 0 aliphatic heterocycles. The highest BCUT2D eigenvalue weighted by Crippen LogP contribution is 2.47. The number of aromatic nitrogens is 12. The lowest BCUT2D eigenvalue weighted by atomic mass is 9.73. The largest absolute Gasteiger partial charge is 0.337 e. The van der Waals surface area contributed by atoms with Crippen molar-refractivity contribution in [2.45, 2.75) is 36.3 Å². The van der Waals surface area contributed by atoms with Crippen molar-refractivity contribution in [2.24, 2.45) is 56.4 Å². The van der Waals surface area contributed by atoms with Crippen LogP contribution in [0.4, 0.5) is 4.39 Å². The number of hydrogen-bond acceptors (Lipinski definition) is 8. The Morgan fingerprint density at radius 3 is 0.885 bits per heavy atom. The van der Waals surface area contributed by atoms with Crippen LogP contribution in [0.3, 0.4) is 0 Å². The van der Waals surface area contributed by atoms with Gasteiger partial charge < -0.3 is 36.5 Å². The van der Waals surface area contributed by atoms with Crippen molar-refractivity contribution in [1.82, 2.24) is 56.5 Å². The number of imidazole rings is 4. The van der Waals surface area contributed by atoms with Gasteiger partial charge >= 0.3 is 0 Å². The number of benzene rings is 12. The Kier molecular flexibility index (Phi) is 26.6. The number of terminal acetylenes is 4. The summed E-state index contributed by atoms with van der Waals surface area (Å²) >= 11 is 24.7. The van der Waals surface area contributed by atoms with E-state index < -0.39 is 16.5 Å². The number of alkyl halides is 1. The van der Waals surface area contributed by atoms with Gasteiger partial charge in [-0.05, 0) is 243 Å². The molecule has 682 valence electrons. The number of hydrogen-bond donors (Lipinski definition) is 0. The molecule has 20 rings (SSSR count). The average Bonchev–Trinajstić information content (AvgIpc) is 1.48. The zero-order chi connectivity index (χ0) is 98.0. The fourth-order valence-corrected chi connectivity index (χ4v) is 19.3.